The second kappa shape index (κ2) is 8.28. The molecule has 0 saturated heterocycles. The molecule has 0 spiro atoms. The van der Waals surface area contributed by atoms with Crippen LogP contribution < -0.4 is 0 Å². The van der Waals surface area contributed by atoms with Gasteiger partial charge in [0.15, 0.2) is 5.78 Å². The number of rotatable bonds is 8. The Hall–Kier alpha value is -2.11. The van der Waals surface area contributed by atoms with Crippen LogP contribution >= 0.6 is 0 Å². The normalized spacial score (nSPS) is 15.0. The number of nitrogens with zero attached hydrogens (tertiary/aromatic N) is 2. The van der Waals surface area contributed by atoms with E-state index in [1.807, 2.05) is 20.8 Å². The maximum Gasteiger partial charge on any atom is 0.355 e. The molecule has 6 nitrogen and oxygen atoms in total. The number of hydrogen-bond donors (Lipinski definition) is 0. The second-order valence-electron chi connectivity index (χ2n) is 7.88. The summed E-state index contributed by atoms with van der Waals surface area (Å²) in [4.78, 5) is 40.1. The summed E-state index contributed by atoms with van der Waals surface area (Å²) in [6.07, 6.45) is 2.33. The standard InChI is InChI=1S/C21H32N2O4/c1-8-27-21(26)19-13(4)18(14(5)22(19)7)20(25)15(6)23(16-9-10-16)17(24)11-12(2)3/h12,15-16H,8-11H2,1-7H3. The van der Waals surface area contributed by atoms with Crippen molar-refractivity contribution in [3.05, 3.63) is 22.5 Å². The first kappa shape index (κ1) is 21.2. The minimum Gasteiger partial charge on any atom is -0.461 e. The van der Waals surface area contributed by atoms with Gasteiger partial charge in [-0.2, -0.15) is 0 Å². The molecule has 1 unspecified atom stereocenters. The maximum atomic E-state index is 13.3. The zero-order valence-corrected chi connectivity index (χ0v) is 17.6. The van der Waals surface area contributed by atoms with Crippen molar-refractivity contribution in [3.8, 4) is 0 Å². The molecule has 1 heterocycles. The number of carbonyl (C=O) groups excluding carboxylic acids is 3. The lowest BCUT2D eigenvalue weighted by Gasteiger charge is -2.29. The summed E-state index contributed by atoms with van der Waals surface area (Å²) < 4.78 is 6.85. The van der Waals surface area contributed by atoms with E-state index in [4.69, 9.17) is 4.74 Å². The van der Waals surface area contributed by atoms with Gasteiger partial charge in [0.05, 0.1) is 12.6 Å². The van der Waals surface area contributed by atoms with Crippen molar-refractivity contribution in [3.63, 3.8) is 0 Å². The van der Waals surface area contributed by atoms with Gasteiger partial charge in [0, 0.05) is 30.8 Å². The summed E-state index contributed by atoms with van der Waals surface area (Å²) in [6.45, 7) is 11.4. The Morgan fingerprint density at radius 2 is 1.78 bits per heavy atom. The first-order chi connectivity index (χ1) is 12.6. The number of carbonyl (C=O) groups is 3. The van der Waals surface area contributed by atoms with E-state index in [-0.39, 0.29) is 30.3 Å². The quantitative estimate of drug-likeness (QED) is 0.515. The van der Waals surface area contributed by atoms with Crippen molar-refractivity contribution in [2.24, 2.45) is 13.0 Å². The Balaban J connectivity index is 2.37. The lowest BCUT2D eigenvalue weighted by molar-refractivity contribution is -0.133. The summed E-state index contributed by atoms with van der Waals surface area (Å²) in [5, 5.41) is 0. The minimum absolute atomic E-state index is 0.0326. The SMILES string of the molecule is CCOC(=O)c1c(C)c(C(=O)C(C)N(C(=O)CC(C)C)C2CC2)c(C)n1C. The van der Waals surface area contributed by atoms with Crippen LogP contribution in [0.15, 0.2) is 0 Å². The topological polar surface area (TPSA) is 68.6 Å². The molecule has 1 aromatic rings. The Morgan fingerprint density at radius 3 is 2.26 bits per heavy atom. The van der Waals surface area contributed by atoms with Crippen LogP contribution in [0.3, 0.4) is 0 Å². The van der Waals surface area contributed by atoms with Crippen molar-refractivity contribution in [2.75, 3.05) is 6.61 Å². The van der Waals surface area contributed by atoms with E-state index in [9.17, 15) is 14.4 Å². The molecule has 27 heavy (non-hydrogen) atoms. The van der Waals surface area contributed by atoms with Crippen molar-refractivity contribution in [1.82, 2.24) is 9.47 Å². The van der Waals surface area contributed by atoms with Crippen LogP contribution in [-0.4, -0.2) is 45.8 Å². The van der Waals surface area contributed by atoms with Gasteiger partial charge in [-0.05, 0) is 52.0 Å². The number of aromatic nitrogens is 1. The fourth-order valence-corrected chi connectivity index (χ4v) is 3.71. The monoisotopic (exact) mass is 376 g/mol. The molecule has 1 amide bonds. The highest BCUT2D eigenvalue weighted by Crippen LogP contribution is 2.32. The van der Waals surface area contributed by atoms with Gasteiger partial charge >= 0.3 is 5.97 Å². The van der Waals surface area contributed by atoms with E-state index in [1.54, 1.807) is 37.3 Å². The van der Waals surface area contributed by atoms with Crippen LogP contribution in [0.25, 0.3) is 0 Å². The average molecular weight is 376 g/mol. The van der Waals surface area contributed by atoms with Gasteiger partial charge in [0.25, 0.3) is 0 Å². The molecule has 6 heteroatoms. The molecule has 150 valence electrons. The molecule has 0 bridgehead atoms. The number of amides is 1. The highest BCUT2D eigenvalue weighted by Gasteiger charge is 2.40. The molecule has 1 aliphatic carbocycles. The molecule has 2 rings (SSSR count). The van der Waals surface area contributed by atoms with E-state index >= 15 is 0 Å². The number of ketones is 1. The first-order valence-corrected chi connectivity index (χ1v) is 9.80. The molecule has 1 saturated carbocycles. The van der Waals surface area contributed by atoms with Crippen LogP contribution in [0.1, 0.15) is 79.1 Å². The minimum atomic E-state index is -0.543. The summed E-state index contributed by atoms with van der Waals surface area (Å²) >= 11 is 0. The lowest BCUT2D eigenvalue weighted by Crippen LogP contribution is -2.45. The molecule has 0 radical (unpaired) electrons. The van der Waals surface area contributed by atoms with Crippen LogP contribution in [0.5, 0.6) is 0 Å². The summed E-state index contributed by atoms with van der Waals surface area (Å²) in [6, 6.07) is -0.386. The van der Waals surface area contributed by atoms with Crippen LogP contribution in [0, 0.1) is 19.8 Å². The Bertz CT molecular complexity index is 744. The van der Waals surface area contributed by atoms with Gasteiger partial charge in [-0.15, -0.1) is 0 Å². The Morgan fingerprint density at radius 1 is 1.19 bits per heavy atom. The fraction of sp³-hybridized carbons (Fsp3) is 0.667. The molecule has 0 aromatic carbocycles. The largest absolute Gasteiger partial charge is 0.461 e. The first-order valence-electron chi connectivity index (χ1n) is 9.80. The van der Waals surface area contributed by atoms with Crippen molar-refractivity contribution < 1.29 is 19.1 Å². The molecule has 1 aromatic heterocycles. The zero-order valence-electron chi connectivity index (χ0n) is 17.6. The maximum absolute atomic E-state index is 13.3. The van der Waals surface area contributed by atoms with Gasteiger partial charge in [-0.25, -0.2) is 4.79 Å². The molecular weight excluding hydrogens is 344 g/mol. The Kier molecular flexibility index (Phi) is 6.50. The number of hydrogen-bond acceptors (Lipinski definition) is 4. The molecule has 0 aliphatic heterocycles. The summed E-state index contributed by atoms with van der Waals surface area (Å²) in [5.41, 5.74) is 2.27. The highest BCUT2D eigenvalue weighted by atomic mass is 16.5. The van der Waals surface area contributed by atoms with Crippen LogP contribution in [-0.2, 0) is 16.6 Å². The van der Waals surface area contributed by atoms with E-state index in [0.29, 0.717) is 23.2 Å². The third kappa shape index (κ3) is 4.25. The number of Topliss-reactive ketones (excluding diaryl/α,β-unsaturated/α-hetero) is 1. The van der Waals surface area contributed by atoms with E-state index in [1.165, 1.54) is 0 Å². The average Bonchev–Trinajstić information content (AvgIpc) is 3.35. The van der Waals surface area contributed by atoms with Gasteiger partial charge in [-0.3, -0.25) is 9.59 Å². The number of ether oxygens (including phenoxy) is 1. The van der Waals surface area contributed by atoms with Crippen LogP contribution in [0.2, 0.25) is 0 Å². The van der Waals surface area contributed by atoms with Crippen molar-refractivity contribution in [1.29, 1.82) is 0 Å². The molecule has 1 fully saturated rings. The summed E-state index contributed by atoms with van der Waals surface area (Å²) in [5.74, 6) is -0.260. The van der Waals surface area contributed by atoms with Crippen LogP contribution in [0.4, 0.5) is 0 Å². The Labute approximate surface area is 161 Å². The van der Waals surface area contributed by atoms with E-state index in [0.717, 1.165) is 18.5 Å². The van der Waals surface area contributed by atoms with E-state index < -0.39 is 12.0 Å². The predicted octanol–water partition coefficient (Wildman–Crippen LogP) is 3.43. The highest BCUT2D eigenvalue weighted by molar-refractivity contribution is 6.06. The molecule has 1 atom stereocenters. The van der Waals surface area contributed by atoms with Crippen molar-refractivity contribution >= 4 is 17.7 Å². The molecular formula is C21H32N2O4. The predicted molar refractivity (Wildman–Crippen MR) is 104 cm³/mol. The van der Waals surface area contributed by atoms with Gasteiger partial charge in [0.2, 0.25) is 5.91 Å². The second-order valence-corrected chi connectivity index (χ2v) is 7.88. The summed E-state index contributed by atoms with van der Waals surface area (Å²) in [7, 11) is 1.76. The fourth-order valence-electron chi connectivity index (χ4n) is 3.71. The van der Waals surface area contributed by atoms with Gasteiger partial charge in [-0.1, -0.05) is 13.8 Å². The van der Waals surface area contributed by atoms with Crippen molar-refractivity contribution in [2.45, 2.75) is 72.9 Å². The third-order valence-electron chi connectivity index (χ3n) is 5.25. The zero-order chi connectivity index (χ0) is 20.5. The number of esters is 1. The third-order valence-corrected chi connectivity index (χ3v) is 5.25. The lowest BCUT2D eigenvalue weighted by atomic mass is 9.99. The van der Waals surface area contributed by atoms with E-state index in [2.05, 4.69) is 0 Å². The van der Waals surface area contributed by atoms with Gasteiger partial charge in [0.1, 0.15) is 5.69 Å². The smallest absolute Gasteiger partial charge is 0.355 e. The molecule has 0 N–H and O–H groups in total. The van der Waals surface area contributed by atoms with Gasteiger partial charge < -0.3 is 14.2 Å². The molecule has 1 aliphatic rings.